The second-order valence-electron chi connectivity index (χ2n) is 11.1. The van der Waals surface area contributed by atoms with Crippen LogP contribution in [0, 0.1) is 5.92 Å². The standard InChI is InChI=1S/C31H41N3O5/c1-20(2)39-26-18-23(17-25(19-26)34-14-8-13-29(34)36)31(38)33-27(16-22-9-5-4-6-10-22)28(35)15-21(3)30(37)32-24-11-7-12-24/h4-6,9-10,17-21,24,27-28,35H,7-8,11-16H2,1-3H3,(H,32,37)(H,33,38). The van der Waals surface area contributed by atoms with Crippen molar-refractivity contribution in [2.24, 2.45) is 5.92 Å². The molecule has 1 saturated carbocycles. The highest BCUT2D eigenvalue weighted by Gasteiger charge is 2.29. The number of ether oxygens (including phenoxy) is 1. The van der Waals surface area contributed by atoms with Crippen molar-refractivity contribution in [3.05, 3.63) is 59.7 Å². The lowest BCUT2D eigenvalue weighted by Gasteiger charge is -2.30. The average molecular weight is 536 g/mol. The minimum absolute atomic E-state index is 0.0228. The lowest BCUT2D eigenvalue weighted by Crippen LogP contribution is -2.47. The van der Waals surface area contributed by atoms with E-state index in [-0.39, 0.29) is 36.3 Å². The van der Waals surface area contributed by atoms with Crippen molar-refractivity contribution in [3.8, 4) is 5.75 Å². The summed E-state index contributed by atoms with van der Waals surface area (Å²) in [5.41, 5.74) is 1.94. The fraction of sp³-hybridized carbons (Fsp3) is 0.516. The molecule has 3 atom stereocenters. The molecule has 0 radical (unpaired) electrons. The highest BCUT2D eigenvalue weighted by Crippen LogP contribution is 2.29. The highest BCUT2D eigenvalue weighted by atomic mass is 16.5. The van der Waals surface area contributed by atoms with Crippen LogP contribution in [0.1, 0.15) is 75.2 Å². The van der Waals surface area contributed by atoms with Crippen LogP contribution in [0.25, 0.3) is 0 Å². The second-order valence-corrected chi connectivity index (χ2v) is 11.1. The summed E-state index contributed by atoms with van der Waals surface area (Å²) in [6.07, 6.45) is 3.96. The topological polar surface area (TPSA) is 108 Å². The maximum Gasteiger partial charge on any atom is 0.251 e. The minimum Gasteiger partial charge on any atom is -0.491 e. The number of amides is 3. The fourth-order valence-corrected chi connectivity index (χ4v) is 5.06. The number of hydrogen-bond acceptors (Lipinski definition) is 5. The van der Waals surface area contributed by atoms with Crippen molar-refractivity contribution in [3.63, 3.8) is 0 Å². The number of anilines is 1. The van der Waals surface area contributed by atoms with E-state index in [0.29, 0.717) is 36.4 Å². The van der Waals surface area contributed by atoms with Crippen molar-refractivity contribution in [1.29, 1.82) is 0 Å². The van der Waals surface area contributed by atoms with Crippen LogP contribution in [-0.4, -0.2) is 53.7 Å². The Kier molecular flexibility index (Phi) is 9.62. The van der Waals surface area contributed by atoms with E-state index in [1.165, 1.54) is 0 Å². The Hall–Kier alpha value is -3.39. The van der Waals surface area contributed by atoms with E-state index >= 15 is 0 Å². The van der Waals surface area contributed by atoms with E-state index in [2.05, 4.69) is 10.6 Å². The number of nitrogens with zero attached hydrogens (tertiary/aromatic N) is 1. The zero-order valence-corrected chi connectivity index (χ0v) is 23.2. The van der Waals surface area contributed by atoms with Crippen LogP contribution in [0.15, 0.2) is 48.5 Å². The van der Waals surface area contributed by atoms with E-state index in [1.807, 2.05) is 51.1 Å². The van der Waals surface area contributed by atoms with Gasteiger partial charge in [0, 0.05) is 42.2 Å². The number of carbonyl (C=O) groups is 3. The number of hydrogen-bond donors (Lipinski definition) is 3. The quantitative estimate of drug-likeness (QED) is 0.381. The summed E-state index contributed by atoms with van der Waals surface area (Å²) < 4.78 is 5.90. The molecule has 2 aromatic rings. The third-order valence-electron chi connectivity index (χ3n) is 7.48. The monoisotopic (exact) mass is 535 g/mol. The summed E-state index contributed by atoms with van der Waals surface area (Å²) in [5, 5.41) is 17.3. The Morgan fingerprint density at radius 1 is 1.08 bits per heavy atom. The molecule has 3 amide bonds. The molecule has 2 aliphatic rings. The molecule has 2 fully saturated rings. The molecular formula is C31H41N3O5. The Balaban J connectivity index is 1.53. The van der Waals surface area contributed by atoms with Gasteiger partial charge in [-0.15, -0.1) is 0 Å². The molecule has 1 saturated heterocycles. The van der Waals surface area contributed by atoms with Gasteiger partial charge in [0.2, 0.25) is 11.8 Å². The first-order chi connectivity index (χ1) is 18.7. The Morgan fingerprint density at radius 3 is 2.44 bits per heavy atom. The summed E-state index contributed by atoms with van der Waals surface area (Å²) in [4.78, 5) is 40.4. The van der Waals surface area contributed by atoms with Crippen LogP contribution in [-0.2, 0) is 16.0 Å². The predicted octanol–water partition coefficient (Wildman–Crippen LogP) is 4.00. The van der Waals surface area contributed by atoms with Crippen molar-refractivity contribution in [1.82, 2.24) is 10.6 Å². The van der Waals surface area contributed by atoms with E-state index in [9.17, 15) is 19.5 Å². The van der Waals surface area contributed by atoms with Gasteiger partial charge in [-0.2, -0.15) is 0 Å². The van der Waals surface area contributed by atoms with Crippen molar-refractivity contribution in [2.45, 2.75) is 90.0 Å². The van der Waals surface area contributed by atoms with E-state index < -0.39 is 18.1 Å². The average Bonchev–Trinajstić information content (AvgIpc) is 3.31. The summed E-state index contributed by atoms with van der Waals surface area (Å²) in [6.45, 7) is 6.22. The van der Waals surface area contributed by atoms with E-state index in [0.717, 1.165) is 31.2 Å². The molecule has 2 aromatic carbocycles. The van der Waals surface area contributed by atoms with Gasteiger partial charge >= 0.3 is 0 Å². The van der Waals surface area contributed by atoms with Crippen LogP contribution >= 0.6 is 0 Å². The van der Waals surface area contributed by atoms with Gasteiger partial charge in [0.05, 0.1) is 18.2 Å². The Labute approximate surface area is 231 Å². The number of nitrogens with one attached hydrogen (secondary N) is 2. The van der Waals surface area contributed by atoms with Crippen LogP contribution in [0.3, 0.4) is 0 Å². The molecule has 39 heavy (non-hydrogen) atoms. The third kappa shape index (κ3) is 7.82. The van der Waals surface area contributed by atoms with E-state index in [4.69, 9.17) is 4.74 Å². The van der Waals surface area contributed by atoms with Gasteiger partial charge in [0.15, 0.2) is 0 Å². The first-order valence-electron chi connectivity index (χ1n) is 14.1. The lowest BCUT2D eigenvalue weighted by molar-refractivity contribution is -0.126. The largest absolute Gasteiger partial charge is 0.491 e. The highest BCUT2D eigenvalue weighted by molar-refractivity contribution is 5.99. The van der Waals surface area contributed by atoms with Crippen molar-refractivity contribution < 1.29 is 24.2 Å². The molecule has 210 valence electrons. The Bertz CT molecular complexity index is 1150. The second kappa shape index (κ2) is 13.1. The number of carbonyl (C=O) groups excluding carboxylic acids is 3. The number of aliphatic hydroxyl groups is 1. The summed E-state index contributed by atoms with van der Waals surface area (Å²) in [7, 11) is 0. The van der Waals surface area contributed by atoms with Crippen molar-refractivity contribution >= 4 is 23.4 Å². The zero-order valence-electron chi connectivity index (χ0n) is 23.2. The van der Waals surface area contributed by atoms with Gasteiger partial charge in [-0.3, -0.25) is 14.4 Å². The van der Waals surface area contributed by atoms with Crippen LogP contribution in [0.4, 0.5) is 5.69 Å². The third-order valence-corrected chi connectivity index (χ3v) is 7.48. The Morgan fingerprint density at radius 2 is 1.82 bits per heavy atom. The van der Waals surface area contributed by atoms with Gasteiger partial charge in [0.25, 0.3) is 5.91 Å². The molecule has 1 heterocycles. The molecule has 1 aliphatic heterocycles. The van der Waals surface area contributed by atoms with E-state index in [1.54, 1.807) is 23.1 Å². The number of aliphatic hydroxyl groups excluding tert-OH is 1. The molecule has 3 unspecified atom stereocenters. The molecule has 1 aliphatic carbocycles. The summed E-state index contributed by atoms with van der Waals surface area (Å²) in [5.74, 6) is -0.305. The maximum absolute atomic E-state index is 13.6. The molecule has 0 aromatic heterocycles. The predicted molar refractivity (Wildman–Crippen MR) is 151 cm³/mol. The maximum atomic E-state index is 13.6. The van der Waals surface area contributed by atoms with Crippen molar-refractivity contribution in [2.75, 3.05) is 11.4 Å². The smallest absolute Gasteiger partial charge is 0.251 e. The van der Waals surface area contributed by atoms with Gasteiger partial charge in [-0.1, -0.05) is 37.3 Å². The molecule has 0 spiro atoms. The van der Waals surface area contributed by atoms with Gasteiger partial charge < -0.3 is 25.4 Å². The van der Waals surface area contributed by atoms with Crippen LogP contribution < -0.4 is 20.3 Å². The van der Waals surface area contributed by atoms with Gasteiger partial charge in [-0.25, -0.2) is 0 Å². The first kappa shape index (κ1) is 28.6. The lowest BCUT2D eigenvalue weighted by atomic mass is 9.90. The summed E-state index contributed by atoms with van der Waals surface area (Å²) in [6, 6.07) is 14.4. The molecule has 3 N–H and O–H groups in total. The number of rotatable bonds is 12. The minimum atomic E-state index is -0.939. The van der Waals surface area contributed by atoms with Gasteiger partial charge in [0.1, 0.15) is 5.75 Å². The SMILES string of the molecule is CC(C)Oc1cc(C(=O)NC(Cc2ccccc2)C(O)CC(C)C(=O)NC2CCC2)cc(N2CCCC2=O)c1. The molecule has 8 nitrogen and oxygen atoms in total. The fourth-order valence-electron chi connectivity index (χ4n) is 5.06. The summed E-state index contributed by atoms with van der Waals surface area (Å²) >= 11 is 0. The molecular weight excluding hydrogens is 494 g/mol. The molecule has 4 rings (SSSR count). The molecule has 8 heteroatoms. The molecule has 0 bridgehead atoms. The van der Waals surface area contributed by atoms with Crippen LogP contribution in [0.2, 0.25) is 0 Å². The van der Waals surface area contributed by atoms with Gasteiger partial charge in [-0.05, 0) is 70.1 Å². The zero-order chi connectivity index (χ0) is 27.9. The van der Waals surface area contributed by atoms with Crippen LogP contribution in [0.5, 0.6) is 5.75 Å². The number of benzene rings is 2. The first-order valence-corrected chi connectivity index (χ1v) is 14.1. The normalized spacial score (nSPS) is 17.9.